The highest BCUT2D eigenvalue weighted by Gasteiger charge is 2.38. The molecule has 0 amide bonds. The highest BCUT2D eigenvalue weighted by atomic mass is 19.4. The van der Waals surface area contributed by atoms with Gasteiger partial charge < -0.3 is 5.11 Å². The van der Waals surface area contributed by atoms with Crippen LogP contribution in [0.5, 0.6) is 0 Å². The van der Waals surface area contributed by atoms with Crippen LogP contribution in [0.1, 0.15) is 17.1 Å². The normalized spacial score (nSPS) is 11.8. The van der Waals surface area contributed by atoms with E-state index in [4.69, 9.17) is 5.11 Å². The first-order valence-corrected chi connectivity index (χ1v) is 4.86. The minimum atomic E-state index is -4.65. The molecule has 6 nitrogen and oxygen atoms in total. The molecule has 2 aromatic heterocycles. The van der Waals surface area contributed by atoms with Crippen molar-refractivity contribution in [3.63, 3.8) is 0 Å². The van der Waals surface area contributed by atoms with E-state index in [1.165, 1.54) is 12.3 Å². The number of rotatable bonds is 2. The molecule has 96 valence electrons. The van der Waals surface area contributed by atoms with Gasteiger partial charge in [-0.15, -0.1) is 5.10 Å². The van der Waals surface area contributed by atoms with Crippen molar-refractivity contribution in [1.82, 2.24) is 25.2 Å². The summed E-state index contributed by atoms with van der Waals surface area (Å²) in [6.45, 7) is 1.34. The standard InChI is InChI=1S/C9H8F3N5O/c1-5-2-6(3-13-7(5)4-18)17-8(9(10,11)12)14-15-16-17/h2-3,18H,4H2,1H3. The zero-order chi connectivity index (χ0) is 13.3. The van der Waals surface area contributed by atoms with E-state index in [0.717, 1.165) is 0 Å². The molecule has 0 bridgehead atoms. The molecule has 9 heteroatoms. The summed E-state index contributed by atoms with van der Waals surface area (Å²) in [5.74, 6) is -1.22. The summed E-state index contributed by atoms with van der Waals surface area (Å²) in [7, 11) is 0. The van der Waals surface area contributed by atoms with Crippen molar-refractivity contribution in [3.8, 4) is 5.69 Å². The molecular formula is C9H8F3N5O. The van der Waals surface area contributed by atoms with Crippen molar-refractivity contribution in [1.29, 1.82) is 0 Å². The minimum Gasteiger partial charge on any atom is -0.390 e. The van der Waals surface area contributed by atoms with Crippen LogP contribution in [0.15, 0.2) is 12.3 Å². The highest BCUT2D eigenvalue weighted by molar-refractivity contribution is 5.34. The molecule has 0 atom stereocenters. The smallest absolute Gasteiger partial charge is 0.390 e. The third-order valence-corrected chi connectivity index (χ3v) is 2.29. The number of pyridine rings is 1. The van der Waals surface area contributed by atoms with Crippen LogP contribution in [-0.2, 0) is 12.8 Å². The predicted molar refractivity (Wildman–Crippen MR) is 52.6 cm³/mol. The number of aliphatic hydroxyl groups excluding tert-OH is 1. The Balaban J connectivity index is 2.50. The molecule has 0 spiro atoms. The van der Waals surface area contributed by atoms with Crippen LogP contribution in [0.4, 0.5) is 13.2 Å². The van der Waals surface area contributed by atoms with Gasteiger partial charge in [-0.1, -0.05) is 0 Å². The highest BCUT2D eigenvalue weighted by Crippen LogP contribution is 2.28. The average Bonchev–Trinajstić information content (AvgIpc) is 2.77. The van der Waals surface area contributed by atoms with E-state index in [1.54, 1.807) is 6.92 Å². The predicted octanol–water partition coefficient (Wildman–Crippen LogP) is 0.877. The molecule has 0 saturated heterocycles. The number of aromatic nitrogens is 5. The third-order valence-electron chi connectivity index (χ3n) is 2.29. The lowest BCUT2D eigenvalue weighted by Gasteiger charge is -2.08. The molecule has 0 aliphatic heterocycles. The quantitative estimate of drug-likeness (QED) is 0.866. The van der Waals surface area contributed by atoms with E-state index < -0.39 is 12.0 Å². The van der Waals surface area contributed by atoms with E-state index in [9.17, 15) is 13.2 Å². The van der Waals surface area contributed by atoms with Crippen LogP contribution in [0.25, 0.3) is 5.69 Å². The third kappa shape index (κ3) is 2.16. The molecule has 2 heterocycles. The summed E-state index contributed by atoms with van der Waals surface area (Å²) in [5.41, 5.74) is 1.03. The number of alkyl halides is 3. The Hall–Kier alpha value is -2.03. The average molecular weight is 259 g/mol. The minimum absolute atomic E-state index is 0.0852. The van der Waals surface area contributed by atoms with Gasteiger partial charge in [-0.05, 0) is 29.0 Å². The fourth-order valence-electron chi connectivity index (χ4n) is 1.41. The molecule has 0 saturated carbocycles. The molecule has 0 radical (unpaired) electrons. The van der Waals surface area contributed by atoms with Crippen molar-refractivity contribution in [2.75, 3.05) is 0 Å². The number of aliphatic hydroxyl groups is 1. The molecule has 0 aromatic carbocycles. The summed E-state index contributed by atoms with van der Waals surface area (Å²) in [6, 6.07) is 1.42. The van der Waals surface area contributed by atoms with Gasteiger partial charge in [0, 0.05) is 0 Å². The van der Waals surface area contributed by atoms with E-state index >= 15 is 0 Å². The monoisotopic (exact) mass is 259 g/mol. The van der Waals surface area contributed by atoms with Crippen LogP contribution in [0.3, 0.4) is 0 Å². The maximum Gasteiger partial charge on any atom is 0.453 e. The summed E-state index contributed by atoms with van der Waals surface area (Å²) in [6.07, 6.45) is -3.47. The topological polar surface area (TPSA) is 76.7 Å². The summed E-state index contributed by atoms with van der Waals surface area (Å²) < 4.78 is 38.3. The van der Waals surface area contributed by atoms with Crippen LogP contribution < -0.4 is 0 Å². The van der Waals surface area contributed by atoms with E-state index in [2.05, 4.69) is 20.5 Å². The van der Waals surface area contributed by atoms with Gasteiger partial charge in [0.1, 0.15) is 0 Å². The van der Waals surface area contributed by atoms with Crippen molar-refractivity contribution in [2.45, 2.75) is 19.7 Å². The Bertz CT molecular complexity index is 566. The molecule has 1 N–H and O–H groups in total. The van der Waals surface area contributed by atoms with Crippen molar-refractivity contribution < 1.29 is 18.3 Å². The number of hydrogen-bond donors (Lipinski definition) is 1. The van der Waals surface area contributed by atoms with Crippen molar-refractivity contribution >= 4 is 0 Å². The van der Waals surface area contributed by atoms with Crippen LogP contribution in [-0.4, -0.2) is 30.3 Å². The van der Waals surface area contributed by atoms with E-state index in [1.807, 2.05) is 0 Å². The maximum atomic E-state index is 12.6. The van der Waals surface area contributed by atoms with Crippen LogP contribution >= 0.6 is 0 Å². The second-order valence-electron chi connectivity index (χ2n) is 3.53. The SMILES string of the molecule is Cc1cc(-n2nnnc2C(F)(F)F)cnc1CO. The van der Waals surface area contributed by atoms with Crippen molar-refractivity contribution in [3.05, 3.63) is 29.3 Å². The lowest BCUT2D eigenvalue weighted by Crippen LogP contribution is -2.15. The summed E-state index contributed by atoms with van der Waals surface area (Å²) in [4.78, 5) is 3.84. The van der Waals surface area contributed by atoms with Gasteiger partial charge in [-0.3, -0.25) is 4.98 Å². The molecular weight excluding hydrogens is 251 g/mol. The Morgan fingerprint density at radius 3 is 2.67 bits per heavy atom. The first-order valence-electron chi connectivity index (χ1n) is 4.86. The van der Waals surface area contributed by atoms with Gasteiger partial charge >= 0.3 is 6.18 Å². The van der Waals surface area contributed by atoms with Crippen LogP contribution in [0.2, 0.25) is 0 Å². The molecule has 0 unspecified atom stereocenters. The molecule has 0 fully saturated rings. The number of nitrogens with zero attached hydrogens (tertiary/aromatic N) is 5. The molecule has 0 aliphatic rings. The van der Waals surface area contributed by atoms with Gasteiger partial charge in [-0.25, -0.2) is 0 Å². The van der Waals surface area contributed by atoms with Gasteiger partial charge in [0.15, 0.2) is 0 Å². The Labute approximate surface area is 99.1 Å². The Morgan fingerprint density at radius 1 is 1.39 bits per heavy atom. The summed E-state index contributed by atoms with van der Waals surface area (Å²) >= 11 is 0. The lowest BCUT2D eigenvalue weighted by atomic mass is 10.2. The second kappa shape index (κ2) is 4.33. The van der Waals surface area contributed by atoms with Crippen LogP contribution in [0, 0.1) is 6.92 Å². The van der Waals surface area contributed by atoms with Gasteiger partial charge in [0.25, 0.3) is 5.82 Å². The second-order valence-corrected chi connectivity index (χ2v) is 3.53. The summed E-state index contributed by atoms with van der Waals surface area (Å²) in [5, 5.41) is 18.2. The van der Waals surface area contributed by atoms with E-state index in [0.29, 0.717) is 15.9 Å². The fraction of sp³-hybridized carbons (Fsp3) is 0.333. The number of aryl methyl sites for hydroxylation is 1. The largest absolute Gasteiger partial charge is 0.453 e. The maximum absolute atomic E-state index is 12.6. The van der Waals surface area contributed by atoms with Gasteiger partial charge in [0.05, 0.1) is 24.2 Å². The first kappa shape index (κ1) is 12.4. The number of tetrazole rings is 1. The molecule has 2 rings (SSSR count). The number of halogens is 3. The van der Waals surface area contributed by atoms with Crippen molar-refractivity contribution in [2.24, 2.45) is 0 Å². The zero-order valence-corrected chi connectivity index (χ0v) is 9.18. The van der Waals surface area contributed by atoms with Gasteiger partial charge in [-0.2, -0.15) is 17.9 Å². The molecule has 0 aliphatic carbocycles. The first-order chi connectivity index (χ1) is 8.43. The van der Waals surface area contributed by atoms with Gasteiger partial charge in [0.2, 0.25) is 0 Å². The number of hydrogen-bond acceptors (Lipinski definition) is 5. The lowest BCUT2D eigenvalue weighted by molar-refractivity contribution is -0.146. The Morgan fingerprint density at radius 2 is 2.11 bits per heavy atom. The zero-order valence-electron chi connectivity index (χ0n) is 9.18. The Kier molecular flexibility index (Phi) is 2.99. The molecule has 18 heavy (non-hydrogen) atoms. The molecule has 2 aromatic rings. The van der Waals surface area contributed by atoms with E-state index in [-0.39, 0.29) is 12.3 Å². The fourth-order valence-corrected chi connectivity index (χ4v) is 1.41.